The molecule has 0 spiro atoms. The summed E-state index contributed by atoms with van der Waals surface area (Å²) < 4.78 is 77.4. The first kappa shape index (κ1) is 24.2. The van der Waals surface area contributed by atoms with Gasteiger partial charge in [0.2, 0.25) is 0 Å². The van der Waals surface area contributed by atoms with Crippen LogP contribution in [0, 0.1) is 23.0 Å². The molecule has 182 valence electrons. The molecule has 1 amide bonds. The van der Waals surface area contributed by atoms with Crippen LogP contribution in [0.3, 0.4) is 0 Å². The number of rotatable bonds is 4. The number of ether oxygens (including phenoxy) is 1. The Labute approximate surface area is 196 Å². The molecule has 3 aromatic rings. The number of likely N-dealkylation sites (tertiary alicyclic amines) is 1. The predicted molar refractivity (Wildman–Crippen MR) is 114 cm³/mol. The molecule has 1 aliphatic rings. The van der Waals surface area contributed by atoms with Gasteiger partial charge < -0.3 is 15.4 Å². The molecule has 4 rings (SSSR count). The molecule has 0 radical (unpaired) electrons. The van der Waals surface area contributed by atoms with E-state index in [2.05, 4.69) is 4.98 Å². The van der Waals surface area contributed by atoms with Crippen LogP contribution in [0.1, 0.15) is 28.2 Å². The molecule has 35 heavy (non-hydrogen) atoms. The van der Waals surface area contributed by atoms with Crippen molar-refractivity contribution in [3.63, 3.8) is 0 Å². The van der Waals surface area contributed by atoms with Crippen molar-refractivity contribution < 1.29 is 31.5 Å². The summed E-state index contributed by atoms with van der Waals surface area (Å²) in [6.45, 7) is 0.184. The maximum Gasteiger partial charge on any atom is 0.434 e. The Balaban J connectivity index is 2.02. The van der Waals surface area contributed by atoms with Crippen LogP contribution >= 0.6 is 0 Å². The summed E-state index contributed by atoms with van der Waals surface area (Å²) in [4.78, 5) is 18.2. The lowest BCUT2D eigenvalue weighted by atomic mass is 10.1. The molecule has 0 bridgehead atoms. The smallest absolute Gasteiger partial charge is 0.434 e. The predicted octanol–water partition coefficient (Wildman–Crippen LogP) is 3.89. The minimum Gasteiger partial charge on any atom is -0.494 e. The highest BCUT2D eigenvalue weighted by molar-refractivity contribution is 5.95. The van der Waals surface area contributed by atoms with E-state index in [1.54, 1.807) is 6.07 Å². The van der Waals surface area contributed by atoms with E-state index in [-0.39, 0.29) is 35.7 Å². The van der Waals surface area contributed by atoms with Crippen molar-refractivity contribution in [3.8, 4) is 28.9 Å². The molecular weight excluding hydrogens is 473 g/mol. The van der Waals surface area contributed by atoms with Gasteiger partial charge in [0.25, 0.3) is 5.91 Å². The van der Waals surface area contributed by atoms with Crippen LogP contribution in [0.15, 0.2) is 36.4 Å². The first-order chi connectivity index (χ1) is 16.5. The van der Waals surface area contributed by atoms with Gasteiger partial charge in [0.05, 0.1) is 18.4 Å². The molecule has 7 nitrogen and oxygen atoms in total. The van der Waals surface area contributed by atoms with Crippen LogP contribution in [-0.4, -0.2) is 46.6 Å². The molecule has 1 atom stereocenters. The van der Waals surface area contributed by atoms with Crippen molar-refractivity contribution in [2.24, 2.45) is 5.73 Å². The van der Waals surface area contributed by atoms with Gasteiger partial charge in [-0.3, -0.25) is 9.36 Å². The van der Waals surface area contributed by atoms with Gasteiger partial charge in [0.15, 0.2) is 23.0 Å². The number of carbonyl (C=O) groups is 1. The highest BCUT2D eigenvalue weighted by Crippen LogP contribution is 2.39. The van der Waals surface area contributed by atoms with Crippen LogP contribution in [0.4, 0.5) is 22.0 Å². The van der Waals surface area contributed by atoms with E-state index >= 15 is 0 Å². The van der Waals surface area contributed by atoms with Gasteiger partial charge in [0.1, 0.15) is 17.7 Å². The molecule has 0 aliphatic carbocycles. The Kier molecular flexibility index (Phi) is 6.21. The molecule has 2 heterocycles. The lowest BCUT2D eigenvalue weighted by molar-refractivity contribution is -0.142. The summed E-state index contributed by atoms with van der Waals surface area (Å²) in [6, 6.07) is 7.40. The van der Waals surface area contributed by atoms with Crippen molar-refractivity contribution in [2.75, 3.05) is 20.2 Å². The van der Waals surface area contributed by atoms with Gasteiger partial charge >= 0.3 is 6.18 Å². The Morgan fingerprint density at radius 2 is 1.94 bits per heavy atom. The van der Waals surface area contributed by atoms with Crippen LogP contribution in [0.2, 0.25) is 0 Å². The molecule has 2 aromatic carbocycles. The van der Waals surface area contributed by atoms with Crippen LogP contribution in [0.5, 0.6) is 5.75 Å². The number of methoxy groups -OCH3 is 1. The Morgan fingerprint density at radius 1 is 1.20 bits per heavy atom. The number of hydrogen-bond acceptors (Lipinski definition) is 5. The van der Waals surface area contributed by atoms with E-state index in [9.17, 15) is 26.7 Å². The fraction of sp³-hybridized carbons (Fsp3) is 0.261. The van der Waals surface area contributed by atoms with Crippen molar-refractivity contribution in [1.29, 1.82) is 5.26 Å². The SMILES string of the molecule is COc1ccc(-n2c(-c3ccc(C#N)c(F)c3)nc(C(=O)N3CC[C@H](N)C3)c2C(F)(F)F)cc1F. The maximum atomic E-state index is 14.5. The number of carbonyl (C=O) groups excluding carboxylic acids is 1. The molecule has 1 saturated heterocycles. The summed E-state index contributed by atoms with van der Waals surface area (Å²) in [6.07, 6.45) is -4.69. The van der Waals surface area contributed by atoms with E-state index < -0.39 is 47.0 Å². The minimum atomic E-state index is -5.10. The second-order valence-corrected chi connectivity index (χ2v) is 7.89. The summed E-state index contributed by atoms with van der Waals surface area (Å²) in [7, 11) is 1.19. The first-order valence-corrected chi connectivity index (χ1v) is 10.3. The van der Waals surface area contributed by atoms with Gasteiger partial charge in [-0.25, -0.2) is 13.8 Å². The fourth-order valence-corrected chi connectivity index (χ4v) is 3.94. The number of nitriles is 1. The van der Waals surface area contributed by atoms with Crippen LogP contribution in [0.25, 0.3) is 17.1 Å². The van der Waals surface area contributed by atoms with E-state index in [1.165, 1.54) is 13.2 Å². The van der Waals surface area contributed by atoms with Gasteiger partial charge in [-0.2, -0.15) is 18.4 Å². The number of halogens is 5. The van der Waals surface area contributed by atoms with Crippen molar-refractivity contribution >= 4 is 5.91 Å². The number of nitrogens with two attached hydrogens (primary N) is 1. The highest BCUT2D eigenvalue weighted by atomic mass is 19.4. The molecule has 2 N–H and O–H groups in total. The monoisotopic (exact) mass is 491 g/mol. The third kappa shape index (κ3) is 4.42. The average Bonchev–Trinajstić information content (AvgIpc) is 3.42. The van der Waals surface area contributed by atoms with Crippen molar-refractivity contribution in [1.82, 2.24) is 14.5 Å². The zero-order valence-electron chi connectivity index (χ0n) is 18.2. The topological polar surface area (TPSA) is 97.2 Å². The number of amides is 1. The molecule has 1 fully saturated rings. The largest absolute Gasteiger partial charge is 0.494 e. The van der Waals surface area contributed by atoms with Crippen molar-refractivity contribution in [2.45, 2.75) is 18.6 Å². The van der Waals surface area contributed by atoms with Gasteiger partial charge in [-0.15, -0.1) is 0 Å². The van der Waals surface area contributed by atoms with Gasteiger partial charge in [0, 0.05) is 30.8 Å². The summed E-state index contributed by atoms with van der Waals surface area (Å²) in [5, 5.41) is 8.99. The number of hydrogen-bond donors (Lipinski definition) is 1. The van der Waals surface area contributed by atoms with Gasteiger partial charge in [-0.1, -0.05) is 0 Å². The molecule has 1 aliphatic heterocycles. The first-order valence-electron chi connectivity index (χ1n) is 10.3. The Morgan fingerprint density at radius 3 is 2.49 bits per heavy atom. The average molecular weight is 491 g/mol. The normalized spacial score (nSPS) is 15.8. The standard InChI is InChI=1S/C23H18F5N5O2/c1-35-18-5-4-15(9-17(18)25)33-20(23(26,27)28)19(22(34)32-7-6-14(30)11-32)31-21(33)12-2-3-13(10-29)16(24)8-12/h2-5,8-9,14H,6-7,11,30H2,1H3/t14-/m0/s1. The minimum absolute atomic E-state index is 0.0426. The number of nitrogens with zero attached hydrogens (tertiary/aromatic N) is 4. The molecule has 0 saturated carbocycles. The molecule has 0 unspecified atom stereocenters. The number of alkyl halides is 3. The quantitative estimate of drug-likeness (QED) is 0.559. The zero-order chi connectivity index (χ0) is 25.5. The third-order valence-electron chi connectivity index (χ3n) is 5.60. The number of imidazole rings is 1. The number of benzene rings is 2. The maximum absolute atomic E-state index is 14.5. The Hall–Kier alpha value is -3.98. The van der Waals surface area contributed by atoms with E-state index in [1.807, 2.05) is 0 Å². The summed E-state index contributed by atoms with van der Waals surface area (Å²) in [5.41, 5.74) is 2.62. The van der Waals surface area contributed by atoms with Crippen LogP contribution < -0.4 is 10.5 Å². The van der Waals surface area contributed by atoms with E-state index in [0.717, 1.165) is 35.2 Å². The lowest BCUT2D eigenvalue weighted by Gasteiger charge is -2.18. The third-order valence-corrected chi connectivity index (χ3v) is 5.60. The molecule has 12 heteroatoms. The molecular formula is C23H18F5N5O2. The lowest BCUT2D eigenvalue weighted by Crippen LogP contribution is -2.33. The number of aromatic nitrogens is 2. The van der Waals surface area contributed by atoms with Crippen molar-refractivity contribution in [3.05, 3.63) is 65.0 Å². The second kappa shape index (κ2) is 8.99. The summed E-state index contributed by atoms with van der Waals surface area (Å²) >= 11 is 0. The van der Waals surface area contributed by atoms with Gasteiger partial charge in [-0.05, 0) is 36.8 Å². The van der Waals surface area contributed by atoms with E-state index in [0.29, 0.717) is 11.0 Å². The fourth-order valence-electron chi connectivity index (χ4n) is 3.94. The zero-order valence-corrected chi connectivity index (χ0v) is 18.2. The van der Waals surface area contributed by atoms with Crippen LogP contribution in [-0.2, 0) is 6.18 Å². The second-order valence-electron chi connectivity index (χ2n) is 7.89. The van der Waals surface area contributed by atoms with E-state index in [4.69, 9.17) is 15.7 Å². The highest BCUT2D eigenvalue weighted by Gasteiger charge is 2.44. The Bertz CT molecular complexity index is 1350. The summed E-state index contributed by atoms with van der Waals surface area (Å²) in [5.74, 6) is -3.63. The molecule has 1 aromatic heterocycles.